The van der Waals surface area contributed by atoms with E-state index in [0.29, 0.717) is 18.9 Å². The molecule has 108 valence electrons. The number of carbonyl (C=O) groups excluding carboxylic acids is 2. The molecular weight excluding hydrogens is 254 g/mol. The van der Waals surface area contributed by atoms with E-state index in [1.807, 2.05) is 0 Å². The summed E-state index contributed by atoms with van der Waals surface area (Å²) in [6.07, 6.45) is 4.66. The van der Waals surface area contributed by atoms with Crippen LogP contribution in [0.5, 0.6) is 0 Å². The van der Waals surface area contributed by atoms with E-state index in [2.05, 4.69) is 39.5 Å². The highest BCUT2D eigenvalue weighted by atomic mass is 16.2. The van der Waals surface area contributed by atoms with Gasteiger partial charge in [-0.05, 0) is 0 Å². The molecule has 0 bridgehead atoms. The maximum Gasteiger partial charge on any atom is 0.334 e. The van der Waals surface area contributed by atoms with Crippen LogP contribution in [0.15, 0.2) is 63.5 Å². The largest absolute Gasteiger partial charge is 0.334 e. The SMILES string of the molecule is C=C.C=CCN1C(=C)N(CC=C)C(=O)N(CC=C)C1=O. The van der Waals surface area contributed by atoms with Crippen LogP contribution < -0.4 is 0 Å². The third-order valence-electron chi connectivity index (χ3n) is 2.48. The van der Waals surface area contributed by atoms with Gasteiger partial charge in [-0.15, -0.1) is 32.9 Å². The molecule has 0 aromatic carbocycles. The van der Waals surface area contributed by atoms with Gasteiger partial charge in [-0.1, -0.05) is 24.8 Å². The Hall–Kier alpha value is -2.56. The summed E-state index contributed by atoms with van der Waals surface area (Å²) in [5, 5.41) is 0. The van der Waals surface area contributed by atoms with Gasteiger partial charge in [0.25, 0.3) is 0 Å². The summed E-state index contributed by atoms with van der Waals surface area (Å²) in [5.74, 6) is 0.338. The van der Waals surface area contributed by atoms with E-state index in [1.165, 1.54) is 15.9 Å². The number of urea groups is 2. The summed E-state index contributed by atoms with van der Waals surface area (Å²) >= 11 is 0. The van der Waals surface area contributed by atoms with Gasteiger partial charge in [0, 0.05) is 13.1 Å². The van der Waals surface area contributed by atoms with Gasteiger partial charge in [-0.25, -0.2) is 14.5 Å². The minimum atomic E-state index is -0.412. The highest BCUT2D eigenvalue weighted by Gasteiger charge is 2.38. The Morgan fingerprint density at radius 1 is 0.750 bits per heavy atom. The summed E-state index contributed by atoms with van der Waals surface area (Å²) in [7, 11) is 0. The molecule has 0 aromatic heterocycles. The van der Waals surface area contributed by atoms with Crippen LogP contribution in [0.2, 0.25) is 0 Å². The number of nitrogens with zero attached hydrogens (tertiary/aromatic N) is 3. The van der Waals surface area contributed by atoms with Crippen molar-refractivity contribution in [3.05, 3.63) is 63.5 Å². The van der Waals surface area contributed by atoms with Crippen molar-refractivity contribution in [2.75, 3.05) is 19.6 Å². The number of hydrogen-bond acceptors (Lipinski definition) is 2. The molecule has 1 saturated heterocycles. The summed E-state index contributed by atoms with van der Waals surface area (Å²) in [4.78, 5) is 28.1. The van der Waals surface area contributed by atoms with Crippen LogP contribution in [0.25, 0.3) is 0 Å². The molecule has 20 heavy (non-hydrogen) atoms. The molecule has 0 radical (unpaired) electrons. The predicted molar refractivity (Wildman–Crippen MR) is 81.9 cm³/mol. The predicted octanol–water partition coefficient (Wildman–Crippen LogP) is 2.98. The maximum absolute atomic E-state index is 12.1. The number of carbonyl (C=O) groups is 2. The second kappa shape index (κ2) is 8.53. The first kappa shape index (κ1) is 17.4. The van der Waals surface area contributed by atoms with Gasteiger partial charge >= 0.3 is 12.1 Å². The Labute approximate surface area is 120 Å². The van der Waals surface area contributed by atoms with Crippen LogP contribution in [0.3, 0.4) is 0 Å². The molecule has 4 amide bonds. The van der Waals surface area contributed by atoms with E-state index in [0.717, 1.165) is 4.90 Å². The third-order valence-corrected chi connectivity index (χ3v) is 2.48. The maximum atomic E-state index is 12.1. The molecular formula is C15H21N3O2. The monoisotopic (exact) mass is 275 g/mol. The minimum absolute atomic E-state index is 0.159. The first-order valence-electron chi connectivity index (χ1n) is 6.00. The highest BCUT2D eigenvalue weighted by molar-refractivity contribution is 5.98. The second-order valence-corrected chi connectivity index (χ2v) is 3.68. The smallest absolute Gasteiger partial charge is 0.276 e. The van der Waals surface area contributed by atoms with Gasteiger partial charge in [0.15, 0.2) is 0 Å². The fourth-order valence-electron chi connectivity index (χ4n) is 1.65. The number of hydrogen-bond donors (Lipinski definition) is 0. The molecule has 0 atom stereocenters. The van der Waals surface area contributed by atoms with Gasteiger partial charge < -0.3 is 0 Å². The van der Waals surface area contributed by atoms with Crippen molar-refractivity contribution < 1.29 is 9.59 Å². The molecule has 1 fully saturated rings. The quantitative estimate of drug-likeness (QED) is 0.699. The summed E-state index contributed by atoms with van der Waals surface area (Å²) < 4.78 is 0. The van der Waals surface area contributed by atoms with Crippen LogP contribution in [-0.4, -0.2) is 46.4 Å². The molecule has 0 saturated carbocycles. The van der Waals surface area contributed by atoms with Crippen LogP contribution in [0, 0.1) is 0 Å². The summed E-state index contributed by atoms with van der Waals surface area (Å²) in [5.41, 5.74) is 0. The Morgan fingerprint density at radius 2 is 1.05 bits per heavy atom. The summed E-state index contributed by atoms with van der Waals surface area (Å²) in [6, 6.07) is -0.824. The Morgan fingerprint density at radius 3 is 1.35 bits per heavy atom. The molecule has 1 aliphatic heterocycles. The van der Waals surface area contributed by atoms with Crippen molar-refractivity contribution in [2.24, 2.45) is 0 Å². The van der Waals surface area contributed by atoms with Crippen LogP contribution >= 0.6 is 0 Å². The van der Waals surface area contributed by atoms with E-state index in [-0.39, 0.29) is 6.54 Å². The molecule has 0 N–H and O–H groups in total. The van der Waals surface area contributed by atoms with Crippen molar-refractivity contribution in [3.8, 4) is 0 Å². The van der Waals surface area contributed by atoms with Crippen LogP contribution in [0.4, 0.5) is 9.59 Å². The molecule has 1 rings (SSSR count). The van der Waals surface area contributed by atoms with Gasteiger partial charge in [-0.3, -0.25) is 9.80 Å². The molecule has 1 heterocycles. The zero-order valence-corrected chi connectivity index (χ0v) is 11.8. The second-order valence-electron chi connectivity index (χ2n) is 3.68. The number of imide groups is 1. The summed E-state index contributed by atoms with van der Waals surface area (Å²) in [6.45, 7) is 21.2. The fraction of sp³-hybridized carbons (Fsp3) is 0.200. The average molecular weight is 275 g/mol. The normalized spacial score (nSPS) is 14.6. The molecule has 0 unspecified atom stereocenters. The van der Waals surface area contributed by atoms with E-state index in [4.69, 9.17) is 0 Å². The topological polar surface area (TPSA) is 43.9 Å². The molecule has 1 aliphatic rings. The molecule has 5 heteroatoms. The van der Waals surface area contributed by atoms with Crippen molar-refractivity contribution >= 4 is 12.1 Å². The lowest BCUT2D eigenvalue weighted by atomic mass is 10.3. The first-order chi connectivity index (χ1) is 9.58. The van der Waals surface area contributed by atoms with E-state index >= 15 is 0 Å². The Balaban J connectivity index is 0.00000172. The Bertz CT molecular complexity index is 349. The minimum Gasteiger partial charge on any atom is -0.276 e. The van der Waals surface area contributed by atoms with Crippen LogP contribution in [-0.2, 0) is 0 Å². The van der Waals surface area contributed by atoms with Gasteiger partial charge in [0.2, 0.25) is 0 Å². The van der Waals surface area contributed by atoms with E-state index in [1.54, 1.807) is 12.2 Å². The molecule has 5 nitrogen and oxygen atoms in total. The molecule has 0 aliphatic carbocycles. The van der Waals surface area contributed by atoms with Gasteiger partial charge in [-0.2, -0.15) is 0 Å². The lowest BCUT2D eigenvalue weighted by molar-refractivity contribution is 0.121. The standard InChI is InChI=1S/C13H17N3O2.C2H4/c1-5-8-14-11(4)15(9-6-2)13(18)16(10-7-3)12(14)17;1-2/h5-7H,1-4,8-10H2;1-2H2. The van der Waals surface area contributed by atoms with E-state index in [9.17, 15) is 9.59 Å². The fourth-order valence-corrected chi connectivity index (χ4v) is 1.65. The lowest BCUT2D eigenvalue weighted by Crippen LogP contribution is -2.59. The zero-order chi connectivity index (χ0) is 15.7. The van der Waals surface area contributed by atoms with E-state index < -0.39 is 12.1 Å². The highest BCUT2D eigenvalue weighted by Crippen LogP contribution is 2.20. The van der Waals surface area contributed by atoms with Gasteiger partial charge in [0.1, 0.15) is 5.82 Å². The van der Waals surface area contributed by atoms with Crippen LogP contribution in [0.1, 0.15) is 0 Å². The molecule has 0 spiro atoms. The first-order valence-corrected chi connectivity index (χ1v) is 6.00. The van der Waals surface area contributed by atoms with Crippen molar-refractivity contribution in [3.63, 3.8) is 0 Å². The zero-order valence-electron chi connectivity index (χ0n) is 11.8. The average Bonchev–Trinajstić information content (AvgIpc) is 2.46. The van der Waals surface area contributed by atoms with Gasteiger partial charge in [0.05, 0.1) is 6.54 Å². The van der Waals surface area contributed by atoms with Crippen molar-refractivity contribution in [1.82, 2.24) is 14.7 Å². The Kier molecular flexibility index (Phi) is 7.43. The number of rotatable bonds is 6. The van der Waals surface area contributed by atoms with Crippen molar-refractivity contribution in [2.45, 2.75) is 0 Å². The number of amides is 4. The third kappa shape index (κ3) is 3.47. The van der Waals surface area contributed by atoms with Crippen molar-refractivity contribution in [1.29, 1.82) is 0 Å². The lowest BCUT2D eigenvalue weighted by Gasteiger charge is -2.41. The molecule has 0 aromatic rings.